The fourth-order valence-electron chi connectivity index (χ4n) is 3.70. The van der Waals surface area contributed by atoms with Crippen molar-refractivity contribution in [2.45, 2.75) is 56.3 Å². The first-order valence-electron chi connectivity index (χ1n) is 10.2. The molecule has 0 spiro atoms. The van der Waals surface area contributed by atoms with E-state index in [2.05, 4.69) is 20.4 Å². The van der Waals surface area contributed by atoms with Crippen LogP contribution < -0.4 is 10.1 Å². The second-order valence-corrected chi connectivity index (χ2v) is 8.28. The van der Waals surface area contributed by atoms with Gasteiger partial charge >= 0.3 is 6.36 Å². The Morgan fingerprint density at radius 1 is 1.25 bits per heavy atom. The van der Waals surface area contributed by atoms with Gasteiger partial charge < -0.3 is 14.8 Å². The third kappa shape index (κ3) is 6.11. The monoisotopic (exact) mass is 474 g/mol. The Morgan fingerprint density at radius 3 is 2.66 bits per heavy atom. The molecule has 2 aromatic rings. The predicted octanol–water partition coefficient (Wildman–Crippen LogP) is 3.59. The number of alkyl halides is 3. The molecule has 1 aliphatic carbocycles. The second kappa shape index (κ2) is 9.63. The normalized spacial score (nSPS) is 25.8. The molecule has 2 heterocycles. The summed E-state index contributed by atoms with van der Waals surface area (Å²) in [6, 6.07) is 6.42. The van der Waals surface area contributed by atoms with Crippen molar-refractivity contribution < 1.29 is 32.2 Å². The number of carbonyl (C=O) groups is 1. The van der Waals surface area contributed by atoms with Crippen LogP contribution in [0, 0.1) is 0 Å². The van der Waals surface area contributed by atoms with Gasteiger partial charge in [0.1, 0.15) is 17.5 Å². The van der Waals surface area contributed by atoms with Crippen molar-refractivity contribution in [1.29, 1.82) is 0 Å². The molecule has 1 N–H and O–H groups in total. The lowest BCUT2D eigenvalue weighted by atomic mass is 9.89. The van der Waals surface area contributed by atoms with Gasteiger partial charge in [-0.25, -0.2) is 4.68 Å². The van der Waals surface area contributed by atoms with Gasteiger partial charge in [-0.1, -0.05) is 16.8 Å². The number of hydrogen-bond acceptors (Lipinski definition) is 6. The van der Waals surface area contributed by atoms with E-state index in [-0.39, 0.29) is 43.5 Å². The van der Waals surface area contributed by atoms with Crippen LogP contribution in [-0.2, 0) is 14.3 Å². The fraction of sp³-hybridized carbons (Fsp3) is 0.550. The zero-order valence-electron chi connectivity index (χ0n) is 16.9. The van der Waals surface area contributed by atoms with Crippen LogP contribution in [0.3, 0.4) is 0 Å². The van der Waals surface area contributed by atoms with E-state index in [0.29, 0.717) is 35.9 Å². The Bertz CT molecular complexity index is 910. The fourth-order valence-corrected chi connectivity index (χ4v) is 3.83. The van der Waals surface area contributed by atoms with Crippen LogP contribution >= 0.6 is 11.6 Å². The standard InChI is InChI=1S/C20H22ClF3N4O4/c21-12-1-4-15(5-2-12)30-11-19(29)25-13-3-6-18(31-10-13)17-9-28(27-26-17)14-7-16(8-14)32-20(22,23)24/h1-2,4-5,9,13-14,16,18H,3,6-8,10-11H2,(H,25,29)/t13-,14?,16?,18+/m0/s1. The lowest BCUT2D eigenvalue weighted by molar-refractivity contribution is -0.353. The highest BCUT2D eigenvalue weighted by Crippen LogP contribution is 2.38. The average Bonchev–Trinajstić information content (AvgIpc) is 3.19. The van der Waals surface area contributed by atoms with E-state index in [1.54, 1.807) is 35.1 Å². The number of halogens is 4. The lowest BCUT2D eigenvalue weighted by Crippen LogP contribution is -2.43. The van der Waals surface area contributed by atoms with Crippen LogP contribution in [0.2, 0.25) is 5.02 Å². The van der Waals surface area contributed by atoms with E-state index in [0.717, 1.165) is 0 Å². The zero-order chi connectivity index (χ0) is 22.7. The topological polar surface area (TPSA) is 87.5 Å². The van der Waals surface area contributed by atoms with Crippen LogP contribution in [-0.4, -0.2) is 52.6 Å². The molecular weight excluding hydrogens is 453 g/mol. The van der Waals surface area contributed by atoms with Crippen molar-refractivity contribution in [3.8, 4) is 5.75 Å². The van der Waals surface area contributed by atoms with Gasteiger partial charge in [0.25, 0.3) is 5.91 Å². The number of ether oxygens (including phenoxy) is 3. The third-order valence-electron chi connectivity index (χ3n) is 5.43. The zero-order valence-corrected chi connectivity index (χ0v) is 17.7. The summed E-state index contributed by atoms with van der Waals surface area (Å²) in [6.45, 7) is 0.200. The Hall–Kier alpha value is -2.37. The van der Waals surface area contributed by atoms with Crippen molar-refractivity contribution in [3.63, 3.8) is 0 Å². The summed E-state index contributed by atoms with van der Waals surface area (Å²) in [7, 11) is 0. The van der Waals surface area contributed by atoms with Gasteiger partial charge in [0, 0.05) is 5.02 Å². The summed E-state index contributed by atoms with van der Waals surface area (Å²) in [4.78, 5) is 12.1. The summed E-state index contributed by atoms with van der Waals surface area (Å²) in [5.41, 5.74) is 0.626. The number of nitrogens with one attached hydrogen (secondary N) is 1. The van der Waals surface area contributed by atoms with E-state index in [1.165, 1.54) is 0 Å². The summed E-state index contributed by atoms with van der Waals surface area (Å²) in [5, 5.41) is 11.6. The minimum Gasteiger partial charge on any atom is -0.484 e. The Balaban J connectivity index is 1.17. The number of carbonyl (C=O) groups excluding carboxylic acids is 1. The SMILES string of the molecule is O=C(COc1ccc(Cl)cc1)N[C@H]1CC[C@H](c2cn(C3CC(OC(F)(F)F)C3)nn2)OC1. The molecule has 4 rings (SSSR count). The Morgan fingerprint density at radius 2 is 2.00 bits per heavy atom. The number of hydrogen-bond donors (Lipinski definition) is 1. The molecule has 1 aliphatic heterocycles. The maximum Gasteiger partial charge on any atom is 0.522 e. The highest BCUT2D eigenvalue weighted by Gasteiger charge is 2.41. The highest BCUT2D eigenvalue weighted by molar-refractivity contribution is 6.30. The van der Waals surface area contributed by atoms with Gasteiger partial charge in [-0.3, -0.25) is 9.53 Å². The van der Waals surface area contributed by atoms with Crippen LogP contribution in [0.25, 0.3) is 0 Å². The van der Waals surface area contributed by atoms with E-state index in [4.69, 9.17) is 21.1 Å². The van der Waals surface area contributed by atoms with Crippen molar-refractivity contribution in [1.82, 2.24) is 20.3 Å². The molecule has 1 aromatic carbocycles. The smallest absolute Gasteiger partial charge is 0.484 e. The van der Waals surface area contributed by atoms with Gasteiger partial charge in [0.15, 0.2) is 6.61 Å². The van der Waals surface area contributed by atoms with Crippen molar-refractivity contribution in [3.05, 3.63) is 41.2 Å². The molecular formula is C20H22ClF3N4O4. The molecule has 174 valence electrons. The number of aromatic nitrogens is 3. The molecule has 2 fully saturated rings. The summed E-state index contributed by atoms with van der Waals surface area (Å²) in [6.07, 6.45) is -2.23. The van der Waals surface area contributed by atoms with Crippen molar-refractivity contribution in [2.24, 2.45) is 0 Å². The van der Waals surface area contributed by atoms with E-state index >= 15 is 0 Å². The number of rotatable bonds is 7. The molecule has 2 atom stereocenters. The van der Waals surface area contributed by atoms with Crippen LogP contribution in [0.4, 0.5) is 13.2 Å². The highest BCUT2D eigenvalue weighted by atomic mass is 35.5. The van der Waals surface area contributed by atoms with Crippen LogP contribution in [0.5, 0.6) is 5.75 Å². The van der Waals surface area contributed by atoms with Gasteiger partial charge in [0.05, 0.1) is 31.0 Å². The van der Waals surface area contributed by atoms with Gasteiger partial charge in [-0.05, 0) is 49.9 Å². The molecule has 32 heavy (non-hydrogen) atoms. The van der Waals surface area contributed by atoms with E-state index in [9.17, 15) is 18.0 Å². The maximum atomic E-state index is 12.2. The molecule has 12 heteroatoms. The van der Waals surface area contributed by atoms with Crippen LogP contribution in [0.15, 0.2) is 30.5 Å². The molecule has 0 radical (unpaired) electrons. The first-order chi connectivity index (χ1) is 15.2. The molecule has 8 nitrogen and oxygen atoms in total. The Kier molecular flexibility index (Phi) is 6.87. The molecule has 0 bridgehead atoms. The molecule has 1 saturated heterocycles. The molecule has 2 aliphatic rings. The first-order valence-corrected chi connectivity index (χ1v) is 10.6. The molecule has 1 aromatic heterocycles. The molecule has 1 saturated carbocycles. The van der Waals surface area contributed by atoms with Crippen molar-refractivity contribution in [2.75, 3.05) is 13.2 Å². The van der Waals surface area contributed by atoms with E-state index < -0.39 is 12.5 Å². The quantitative estimate of drug-likeness (QED) is 0.660. The number of nitrogens with zero attached hydrogens (tertiary/aromatic N) is 3. The third-order valence-corrected chi connectivity index (χ3v) is 5.68. The number of amides is 1. The Labute approximate surface area is 187 Å². The molecule has 0 unspecified atom stereocenters. The predicted molar refractivity (Wildman–Crippen MR) is 106 cm³/mol. The van der Waals surface area contributed by atoms with Gasteiger partial charge in [0.2, 0.25) is 0 Å². The van der Waals surface area contributed by atoms with Crippen LogP contribution in [0.1, 0.15) is 43.5 Å². The largest absolute Gasteiger partial charge is 0.522 e. The summed E-state index contributed by atoms with van der Waals surface area (Å²) in [5.74, 6) is 0.300. The first kappa shape index (κ1) is 22.8. The van der Waals surface area contributed by atoms with Gasteiger partial charge in [-0.2, -0.15) is 0 Å². The van der Waals surface area contributed by atoms with E-state index in [1.807, 2.05) is 0 Å². The minimum absolute atomic E-state index is 0.115. The summed E-state index contributed by atoms with van der Waals surface area (Å²) < 4.78 is 53.5. The average molecular weight is 475 g/mol. The molecule has 1 amide bonds. The lowest BCUT2D eigenvalue weighted by Gasteiger charge is -2.34. The summed E-state index contributed by atoms with van der Waals surface area (Å²) >= 11 is 5.81. The number of benzene rings is 1. The minimum atomic E-state index is -4.62. The second-order valence-electron chi connectivity index (χ2n) is 7.84. The van der Waals surface area contributed by atoms with Crippen molar-refractivity contribution >= 4 is 17.5 Å². The maximum absolute atomic E-state index is 12.2. The van der Waals surface area contributed by atoms with Gasteiger partial charge in [-0.15, -0.1) is 18.3 Å².